The second-order valence-electron chi connectivity index (χ2n) is 8.66. The van der Waals surface area contributed by atoms with E-state index in [-0.39, 0.29) is 18.3 Å². The Morgan fingerprint density at radius 3 is 2.81 bits per heavy atom. The summed E-state index contributed by atoms with van der Waals surface area (Å²) in [4.78, 5) is 13.6. The molecule has 2 aromatic rings. The topological polar surface area (TPSA) is 88.3 Å². The van der Waals surface area contributed by atoms with Gasteiger partial charge in [0.1, 0.15) is 11.9 Å². The van der Waals surface area contributed by atoms with E-state index in [1.807, 2.05) is 13.0 Å². The molecular formula is C23H28Cl2N6O. The minimum Gasteiger partial charge on any atom is -0.395 e. The van der Waals surface area contributed by atoms with Crippen LogP contribution in [0, 0.1) is 23.2 Å². The molecule has 2 saturated heterocycles. The molecule has 170 valence electrons. The molecule has 0 radical (unpaired) electrons. The summed E-state index contributed by atoms with van der Waals surface area (Å²) in [5.41, 5.74) is 1.13. The fraction of sp³-hybridized carbons (Fsp3) is 0.522. The maximum atomic E-state index is 9.50. The van der Waals surface area contributed by atoms with Crippen LogP contribution in [0.4, 0.5) is 11.6 Å². The Morgan fingerprint density at radius 2 is 2.09 bits per heavy atom. The lowest BCUT2D eigenvalue weighted by atomic mass is 9.80. The van der Waals surface area contributed by atoms with Crippen molar-refractivity contribution in [1.82, 2.24) is 14.9 Å². The minimum absolute atomic E-state index is 0.166. The van der Waals surface area contributed by atoms with Gasteiger partial charge in [-0.2, -0.15) is 5.26 Å². The first-order chi connectivity index (χ1) is 15.5. The van der Waals surface area contributed by atoms with E-state index in [0.717, 1.165) is 44.1 Å². The Bertz CT molecular complexity index is 989. The number of aliphatic hydroxyl groups excluding tert-OH is 1. The van der Waals surface area contributed by atoms with Gasteiger partial charge in [-0.05, 0) is 55.8 Å². The molecule has 1 aromatic heterocycles. The minimum atomic E-state index is -0.166. The number of hydrogen-bond donors (Lipinski definition) is 2. The highest BCUT2D eigenvalue weighted by Crippen LogP contribution is 2.34. The Morgan fingerprint density at radius 1 is 1.28 bits per heavy atom. The second kappa shape index (κ2) is 10.2. The average Bonchev–Trinajstić information content (AvgIpc) is 2.73. The van der Waals surface area contributed by atoms with Crippen molar-refractivity contribution < 1.29 is 5.11 Å². The predicted molar refractivity (Wildman–Crippen MR) is 127 cm³/mol. The number of aromatic nitrogens is 2. The number of rotatable bonds is 7. The lowest BCUT2D eigenvalue weighted by molar-refractivity contribution is 0.101. The van der Waals surface area contributed by atoms with Crippen molar-refractivity contribution in [3.8, 4) is 6.07 Å². The van der Waals surface area contributed by atoms with Crippen LogP contribution in [0.3, 0.4) is 0 Å². The van der Waals surface area contributed by atoms with Crippen LogP contribution in [0.15, 0.2) is 24.4 Å². The Labute approximate surface area is 199 Å². The zero-order chi connectivity index (χ0) is 22.7. The summed E-state index contributed by atoms with van der Waals surface area (Å²) in [6.07, 6.45) is 4.11. The van der Waals surface area contributed by atoms with Gasteiger partial charge >= 0.3 is 0 Å². The van der Waals surface area contributed by atoms with E-state index >= 15 is 0 Å². The molecule has 1 unspecified atom stereocenters. The van der Waals surface area contributed by atoms with Gasteiger partial charge in [-0.25, -0.2) is 9.97 Å². The third-order valence-electron chi connectivity index (χ3n) is 6.51. The SMILES string of the molecule is CC(Nc1nc(N2CC([C@H]3CCCN(CCO)C3)C2)cnc1C#N)c1ccc(Cl)cc1Cl. The quantitative estimate of drug-likeness (QED) is 0.627. The molecule has 7 nitrogen and oxygen atoms in total. The molecule has 3 heterocycles. The first-order valence-corrected chi connectivity index (χ1v) is 11.8. The number of halogens is 2. The van der Waals surface area contributed by atoms with Crippen LogP contribution in [-0.4, -0.2) is 59.3 Å². The van der Waals surface area contributed by atoms with E-state index in [9.17, 15) is 10.4 Å². The summed E-state index contributed by atoms with van der Waals surface area (Å²) >= 11 is 12.4. The molecule has 2 N–H and O–H groups in total. The van der Waals surface area contributed by atoms with E-state index in [1.165, 1.54) is 12.8 Å². The summed E-state index contributed by atoms with van der Waals surface area (Å²) in [6, 6.07) is 7.32. The largest absolute Gasteiger partial charge is 0.395 e. The molecule has 4 rings (SSSR count). The van der Waals surface area contributed by atoms with Gasteiger partial charge in [0.15, 0.2) is 11.5 Å². The van der Waals surface area contributed by atoms with Crippen molar-refractivity contribution in [3.63, 3.8) is 0 Å². The summed E-state index contributed by atoms with van der Waals surface area (Å²) < 4.78 is 0. The lowest BCUT2D eigenvalue weighted by Crippen LogP contribution is -2.54. The summed E-state index contributed by atoms with van der Waals surface area (Å²) in [5, 5.41) is 23.2. The van der Waals surface area contributed by atoms with Crippen molar-refractivity contribution in [1.29, 1.82) is 5.26 Å². The van der Waals surface area contributed by atoms with Crippen LogP contribution in [0.5, 0.6) is 0 Å². The van der Waals surface area contributed by atoms with Crippen LogP contribution in [0.25, 0.3) is 0 Å². The number of likely N-dealkylation sites (tertiary alicyclic amines) is 1. The highest BCUT2D eigenvalue weighted by atomic mass is 35.5. The normalized spacial score (nSPS) is 20.5. The molecule has 0 aliphatic carbocycles. The van der Waals surface area contributed by atoms with Crippen LogP contribution >= 0.6 is 23.2 Å². The van der Waals surface area contributed by atoms with E-state index < -0.39 is 0 Å². The highest BCUT2D eigenvalue weighted by molar-refractivity contribution is 6.35. The Kier molecular flexibility index (Phi) is 7.37. The van der Waals surface area contributed by atoms with Crippen molar-refractivity contribution >= 4 is 34.8 Å². The molecule has 0 amide bonds. The molecule has 2 aliphatic heterocycles. The molecule has 32 heavy (non-hydrogen) atoms. The molecule has 0 bridgehead atoms. The van der Waals surface area contributed by atoms with Gasteiger partial charge in [-0.1, -0.05) is 29.3 Å². The molecule has 0 spiro atoms. The van der Waals surface area contributed by atoms with Gasteiger partial charge in [0, 0.05) is 36.2 Å². The third-order valence-corrected chi connectivity index (χ3v) is 7.07. The van der Waals surface area contributed by atoms with Gasteiger partial charge in [0.25, 0.3) is 0 Å². The number of hydrogen-bond acceptors (Lipinski definition) is 7. The summed E-state index contributed by atoms with van der Waals surface area (Å²) in [7, 11) is 0. The predicted octanol–water partition coefficient (Wildman–Crippen LogP) is 3.97. The van der Waals surface area contributed by atoms with Crippen LogP contribution in [0.1, 0.15) is 37.1 Å². The van der Waals surface area contributed by atoms with Crippen LogP contribution in [-0.2, 0) is 0 Å². The lowest BCUT2D eigenvalue weighted by Gasteiger charge is -2.47. The average molecular weight is 475 g/mol. The molecule has 2 fully saturated rings. The maximum absolute atomic E-state index is 9.50. The first-order valence-electron chi connectivity index (χ1n) is 11.0. The number of nitriles is 1. The maximum Gasteiger partial charge on any atom is 0.183 e. The van der Waals surface area contributed by atoms with Crippen molar-refractivity contribution in [2.24, 2.45) is 11.8 Å². The smallest absolute Gasteiger partial charge is 0.183 e. The van der Waals surface area contributed by atoms with Gasteiger partial charge in [-0.3, -0.25) is 0 Å². The molecule has 1 aromatic carbocycles. The number of anilines is 2. The van der Waals surface area contributed by atoms with Crippen molar-refractivity contribution in [2.75, 3.05) is 49.5 Å². The molecule has 0 saturated carbocycles. The van der Waals surface area contributed by atoms with Crippen LogP contribution < -0.4 is 10.2 Å². The van der Waals surface area contributed by atoms with E-state index in [4.69, 9.17) is 28.2 Å². The zero-order valence-electron chi connectivity index (χ0n) is 18.1. The van der Waals surface area contributed by atoms with Gasteiger partial charge in [0.2, 0.25) is 0 Å². The van der Waals surface area contributed by atoms with E-state index in [2.05, 4.69) is 26.2 Å². The number of β-amino-alcohol motifs (C(OH)–C–C–N with tert-alkyl or cyclic N) is 1. The van der Waals surface area contributed by atoms with Crippen molar-refractivity contribution in [3.05, 3.63) is 45.7 Å². The standard InChI is InChI=1S/C23H28Cl2N6O/c1-15(19-5-4-18(24)9-20(19)25)28-23-21(10-26)27-11-22(29-23)31-13-17(14-31)16-3-2-6-30(12-16)7-8-32/h4-5,9,11,15-17,32H,2-3,6-8,12-14H2,1H3,(H,28,29)/t15?,16-/m0/s1. The van der Waals surface area contributed by atoms with E-state index in [1.54, 1.807) is 18.3 Å². The third kappa shape index (κ3) is 5.10. The van der Waals surface area contributed by atoms with E-state index in [0.29, 0.717) is 27.7 Å². The van der Waals surface area contributed by atoms with Crippen LogP contribution in [0.2, 0.25) is 10.0 Å². The van der Waals surface area contributed by atoms with Gasteiger partial charge in [-0.15, -0.1) is 0 Å². The number of aliphatic hydroxyl groups is 1. The number of nitrogens with zero attached hydrogens (tertiary/aromatic N) is 5. The fourth-order valence-corrected chi connectivity index (χ4v) is 5.24. The second-order valence-corrected chi connectivity index (χ2v) is 9.50. The number of nitrogens with one attached hydrogen (secondary N) is 1. The zero-order valence-corrected chi connectivity index (χ0v) is 19.6. The highest BCUT2D eigenvalue weighted by Gasteiger charge is 2.36. The number of benzene rings is 1. The Balaban J connectivity index is 1.42. The molecule has 9 heteroatoms. The first kappa shape index (κ1) is 23.1. The van der Waals surface area contributed by atoms with Gasteiger partial charge < -0.3 is 20.2 Å². The Hall–Kier alpha value is -2.11. The molecular weight excluding hydrogens is 447 g/mol. The van der Waals surface area contributed by atoms with Gasteiger partial charge in [0.05, 0.1) is 18.8 Å². The summed E-state index contributed by atoms with van der Waals surface area (Å²) in [5.74, 6) is 2.51. The van der Waals surface area contributed by atoms with Crippen molar-refractivity contribution in [2.45, 2.75) is 25.8 Å². The molecule has 2 aliphatic rings. The fourth-order valence-electron chi connectivity index (χ4n) is 4.67. The summed E-state index contributed by atoms with van der Waals surface area (Å²) in [6.45, 7) is 6.97. The monoisotopic (exact) mass is 474 g/mol. The molecule has 2 atom stereocenters. The number of piperidine rings is 1.